The zero-order valence-electron chi connectivity index (χ0n) is 14.6. The molecule has 8 heteroatoms. The van der Waals surface area contributed by atoms with Crippen molar-refractivity contribution in [3.05, 3.63) is 70.6 Å². The lowest BCUT2D eigenvalue weighted by Crippen LogP contribution is -2.31. The third kappa shape index (κ3) is 3.33. The van der Waals surface area contributed by atoms with Crippen molar-refractivity contribution in [3.8, 4) is 17.0 Å². The topological polar surface area (TPSA) is 69.2 Å². The van der Waals surface area contributed by atoms with Crippen molar-refractivity contribution < 1.29 is 18.7 Å². The number of hydrogen-bond acceptors (Lipinski definition) is 3. The van der Waals surface area contributed by atoms with Crippen molar-refractivity contribution in [1.82, 2.24) is 14.9 Å². The van der Waals surface area contributed by atoms with Gasteiger partial charge in [0.25, 0.3) is 5.91 Å². The van der Waals surface area contributed by atoms with Crippen molar-refractivity contribution in [1.29, 1.82) is 0 Å². The zero-order valence-corrected chi connectivity index (χ0v) is 15.4. The molecule has 28 heavy (non-hydrogen) atoms. The van der Waals surface area contributed by atoms with E-state index in [0.717, 1.165) is 17.3 Å². The van der Waals surface area contributed by atoms with Gasteiger partial charge in [0.15, 0.2) is 0 Å². The van der Waals surface area contributed by atoms with Crippen molar-refractivity contribution >= 4 is 17.5 Å². The first-order chi connectivity index (χ1) is 13.4. The van der Waals surface area contributed by atoms with Gasteiger partial charge in [0, 0.05) is 23.7 Å². The summed E-state index contributed by atoms with van der Waals surface area (Å²) in [6.45, 7) is 0.386. The van der Waals surface area contributed by atoms with Crippen LogP contribution in [0.1, 0.15) is 35.1 Å². The molecular weight excluding hydrogens is 388 g/mol. The van der Waals surface area contributed by atoms with E-state index in [1.54, 1.807) is 18.3 Å². The SMILES string of the molecule is O=C(c1c(O)cc(F)cc1F)N1CCC[C@H]1c1ncc(-c2ccc(Cl)cc2)[nH]1. The fourth-order valence-corrected chi connectivity index (χ4v) is 3.62. The Bertz CT molecular complexity index is 1010. The molecule has 2 N–H and O–H groups in total. The summed E-state index contributed by atoms with van der Waals surface area (Å²) in [5.74, 6) is -2.87. The van der Waals surface area contributed by atoms with Gasteiger partial charge in [-0.2, -0.15) is 0 Å². The first kappa shape index (κ1) is 18.4. The van der Waals surface area contributed by atoms with Crippen molar-refractivity contribution in [2.24, 2.45) is 0 Å². The maximum absolute atomic E-state index is 14.1. The van der Waals surface area contributed by atoms with E-state index in [1.807, 2.05) is 12.1 Å². The molecule has 1 aliphatic rings. The molecule has 1 atom stereocenters. The van der Waals surface area contributed by atoms with Gasteiger partial charge in [0.05, 0.1) is 17.9 Å². The highest BCUT2D eigenvalue weighted by atomic mass is 35.5. The van der Waals surface area contributed by atoms with Gasteiger partial charge in [-0.25, -0.2) is 13.8 Å². The van der Waals surface area contributed by atoms with Gasteiger partial charge in [0.1, 0.15) is 28.8 Å². The number of benzene rings is 2. The molecule has 4 rings (SSSR count). The maximum atomic E-state index is 14.1. The molecule has 0 radical (unpaired) electrons. The third-order valence-corrected chi connectivity index (χ3v) is 5.08. The van der Waals surface area contributed by atoms with Crippen molar-refractivity contribution in [2.75, 3.05) is 6.54 Å². The quantitative estimate of drug-likeness (QED) is 0.666. The number of imidazole rings is 1. The van der Waals surface area contributed by atoms with Gasteiger partial charge < -0.3 is 15.0 Å². The number of rotatable bonds is 3. The summed E-state index contributed by atoms with van der Waals surface area (Å²) in [6.07, 6.45) is 3.01. The van der Waals surface area contributed by atoms with Crippen LogP contribution in [-0.2, 0) is 0 Å². The Hall–Kier alpha value is -2.93. The largest absolute Gasteiger partial charge is 0.507 e. The predicted octanol–water partition coefficient (Wildman–Crippen LogP) is 4.69. The summed E-state index contributed by atoms with van der Waals surface area (Å²) in [6, 6.07) is 8.16. The average Bonchev–Trinajstić information content (AvgIpc) is 3.30. The molecule has 144 valence electrons. The van der Waals surface area contributed by atoms with E-state index >= 15 is 0 Å². The number of phenols is 1. The lowest BCUT2D eigenvalue weighted by atomic mass is 10.1. The Morgan fingerprint density at radius 2 is 2.00 bits per heavy atom. The van der Waals surface area contributed by atoms with E-state index in [1.165, 1.54) is 4.90 Å². The second kappa shape index (κ2) is 7.24. The second-order valence-electron chi connectivity index (χ2n) is 6.63. The number of aromatic hydroxyl groups is 1. The van der Waals surface area contributed by atoms with E-state index in [-0.39, 0.29) is 0 Å². The number of carbonyl (C=O) groups excluding carboxylic acids is 1. The average molecular weight is 404 g/mol. The molecule has 3 aromatic rings. The number of aromatic nitrogens is 2. The summed E-state index contributed by atoms with van der Waals surface area (Å²) in [4.78, 5) is 21.9. The number of nitrogens with one attached hydrogen (secondary N) is 1. The first-order valence-corrected chi connectivity index (χ1v) is 9.11. The van der Waals surface area contributed by atoms with Crippen LogP contribution in [0.25, 0.3) is 11.3 Å². The van der Waals surface area contributed by atoms with Crippen LogP contribution in [0, 0.1) is 11.6 Å². The molecule has 0 aliphatic carbocycles. The molecule has 1 saturated heterocycles. The Labute approximate surface area is 164 Å². The highest BCUT2D eigenvalue weighted by molar-refractivity contribution is 6.30. The predicted molar refractivity (Wildman–Crippen MR) is 100 cm³/mol. The van der Waals surface area contributed by atoms with E-state index < -0.39 is 34.9 Å². The smallest absolute Gasteiger partial charge is 0.261 e. The number of halogens is 3. The monoisotopic (exact) mass is 403 g/mol. The number of phenolic OH excluding ortho intramolecular Hbond substituents is 1. The van der Waals surface area contributed by atoms with Gasteiger partial charge in [-0.1, -0.05) is 23.7 Å². The zero-order chi connectivity index (χ0) is 19.8. The second-order valence-corrected chi connectivity index (χ2v) is 7.06. The number of aromatic amines is 1. The van der Waals surface area contributed by atoms with E-state index in [9.17, 15) is 18.7 Å². The van der Waals surface area contributed by atoms with Crippen LogP contribution in [0.15, 0.2) is 42.6 Å². The van der Waals surface area contributed by atoms with Gasteiger partial charge in [-0.15, -0.1) is 0 Å². The molecule has 1 amide bonds. The van der Waals surface area contributed by atoms with Crippen LogP contribution in [0.3, 0.4) is 0 Å². The molecule has 1 fully saturated rings. The molecule has 0 bridgehead atoms. The van der Waals surface area contributed by atoms with Crippen LogP contribution in [0.2, 0.25) is 5.02 Å². The summed E-state index contributed by atoms with van der Waals surface area (Å²) in [7, 11) is 0. The van der Waals surface area contributed by atoms with E-state index in [2.05, 4.69) is 9.97 Å². The highest BCUT2D eigenvalue weighted by Crippen LogP contribution is 2.35. The van der Waals surface area contributed by atoms with Gasteiger partial charge in [0.2, 0.25) is 0 Å². The van der Waals surface area contributed by atoms with Crippen LogP contribution >= 0.6 is 11.6 Å². The van der Waals surface area contributed by atoms with Gasteiger partial charge in [-0.05, 0) is 30.5 Å². The molecule has 0 saturated carbocycles. The van der Waals surface area contributed by atoms with Gasteiger partial charge in [-0.3, -0.25) is 4.79 Å². The summed E-state index contributed by atoms with van der Waals surface area (Å²) >= 11 is 5.91. The normalized spacial score (nSPS) is 16.5. The van der Waals surface area contributed by atoms with E-state index in [4.69, 9.17) is 11.6 Å². The molecule has 2 aromatic carbocycles. The maximum Gasteiger partial charge on any atom is 0.261 e. The number of H-pyrrole nitrogens is 1. The Balaban J connectivity index is 1.63. The lowest BCUT2D eigenvalue weighted by molar-refractivity contribution is 0.0722. The minimum Gasteiger partial charge on any atom is -0.507 e. The first-order valence-electron chi connectivity index (χ1n) is 8.74. The molecule has 1 aliphatic heterocycles. The summed E-state index contributed by atoms with van der Waals surface area (Å²) < 4.78 is 27.4. The van der Waals surface area contributed by atoms with Crippen molar-refractivity contribution in [2.45, 2.75) is 18.9 Å². The molecule has 0 spiro atoms. The highest BCUT2D eigenvalue weighted by Gasteiger charge is 2.35. The van der Waals surface area contributed by atoms with Crippen LogP contribution in [-0.4, -0.2) is 32.4 Å². The van der Waals surface area contributed by atoms with Gasteiger partial charge >= 0.3 is 0 Å². The Morgan fingerprint density at radius 3 is 2.71 bits per heavy atom. The summed E-state index contributed by atoms with van der Waals surface area (Å²) in [5.41, 5.74) is 1.13. The number of carbonyl (C=O) groups is 1. The molecule has 5 nitrogen and oxygen atoms in total. The minimum absolute atomic E-state index is 0.386. The number of hydrogen-bond donors (Lipinski definition) is 2. The number of likely N-dealkylation sites (tertiary alicyclic amines) is 1. The molecule has 1 aromatic heterocycles. The standard InChI is InChI=1S/C20H16ClF2N3O2/c21-12-5-3-11(4-6-12)15-10-24-19(25-15)16-2-1-7-26(16)20(28)18-14(23)8-13(22)9-17(18)27/h3-6,8-10,16,27H,1-2,7H2,(H,24,25)/t16-/m0/s1. The number of nitrogens with zero attached hydrogens (tertiary/aromatic N) is 2. The van der Waals surface area contributed by atoms with Crippen LogP contribution < -0.4 is 0 Å². The fourth-order valence-electron chi connectivity index (χ4n) is 3.49. The fraction of sp³-hybridized carbons (Fsp3) is 0.200. The Kier molecular flexibility index (Phi) is 4.77. The van der Waals surface area contributed by atoms with Crippen molar-refractivity contribution in [3.63, 3.8) is 0 Å². The third-order valence-electron chi connectivity index (χ3n) is 4.83. The molecular formula is C20H16ClF2N3O2. The van der Waals surface area contributed by atoms with Crippen LogP contribution in [0.4, 0.5) is 8.78 Å². The molecule has 2 heterocycles. The van der Waals surface area contributed by atoms with E-state index in [0.29, 0.717) is 36.3 Å². The summed E-state index contributed by atoms with van der Waals surface area (Å²) in [5, 5.41) is 10.5. The minimum atomic E-state index is -1.09. The van der Waals surface area contributed by atoms with Crippen LogP contribution in [0.5, 0.6) is 5.75 Å². The number of amides is 1. The lowest BCUT2D eigenvalue weighted by Gasteiger charge is -2.24. The Morgan fingerprint density at radius 1 is 1.25 bits per heavy atom. The molecule has 0 unspecified atom stereocenters.